The molecular weight excluding hydrogens is 318 g/mol. The molecule has 0 aliphatic heterocycles. The minimum Gasteiger partial charge on any atom is -0.487 e. The maximum Gasteiger partial charge on any atom is 0.319 e. The lowest BCUT2D eigenvalue weighted by molar-refractivity contribution is 0.0816. The average molecular weight is 342 g/mol. The number of hydrogen-bond donors (Lipinski definition) is 3. The lowest BCUT2D eigenvalue weighted by Gasteiger charge is -2.28. The van der Waals surface area contributed by atoms with Gasteiger partial charge in [0.05, 0.1) is 0 Å². The third-order valence-corrected chi connectivity index (χ3v) is 4.25. The number of amides is 2. The van der Waals surface area contributed by atoms with Crippen LogP contribution in [0.5, 0.6) is 5.75 Å². The Bertz CT molecular complexity index is 547. The smallest absolute Gasteiger partial charge is 0.319 e. The molecule has 0 radical (unpaired) electrons. The van der Waals surface area contributed by atoms with Crippen LogP contribution >= 0.6 is 0 Å². The van der Waals surface area contributed by atoms with Crippen molar-refractivity contribution < 1.29 is 23.4 Å². The zero-order valence-electron chi connectivity index (χ0n) is 13.7. The molecule has 1 aromatic rings. The first-order valence-corrected chi connectivity index (χ1v) is 8.18. The van der Waals surface area contributed by atoms with E-state index in [2.05, 4.69) is 10.6 Å². The summed E-state index contributed by atoms with van der Waals surface area (Å²) in [6, 6.07) is 4.72. The standard InChI is InChI=1S/C17H24F2N2O3/c1-11-2-5-14(8-15(11)24-10-16(18)19)21-17(23)20-13-6-3-12(9-22)4-7-13/h2,5,8,12-13,16,22H,3-4,6-7,9-10H2,1H3,(H2,20,21,23). The van der Waals surface area contributed by atoms with E-state index in [1.54, 1.807) is 25.1 Å². The molecular formula is C17H24F2N2O3. The Kier molecular flexibility index (Phi) is 6.78. The van der Waals surface area contributed by atoms with Gasteiger partial charge in [-0.25, -0.2) is 13.6 Å². The molecule has 1 fully saturated rings. The number of anilines is 1. The van der Waals surface area contributed by atoms with Crippen molar-refractivity contribution in [3.8, 4) is 5.75 Å². The van der Waals surface area contributed by atoms with Crippen molar-refractivity contribution in [2.45, 2.75) is 45.1 Å². The van der Waals surface area contributed by atoms with Crippen molar-refractivity contribution in [1.29, 1.82) is 0 Å². The molecule has 0 saturated heterocycles. The molecule has 1 aliphatic carbocycles. The number of alkyl halides is 2. The molecule has 3 N–H and O–H groups in total. The van der Waals surface area contributed by atoms with E-state index in [-0.39, 0.29) is 18.7 Å². The fourth-order valence-corrected chi connectivity index (χ4v) is 2.83. The number of aryl methyl sites for hydroxylation is 1. The number of halogens is 2. The van der Waals surface area contributed by atoms with Crippen LogP contribution in [0.2, 0.25) is 0 Å². The number of ether oxygens (including phenoxy) is 1. The van der Waals surface area contributed by atoms with Gasteiger partial charge in [-0.1, -0.05) is 6.07 Å². The summed E-state index contributed by atoms with van der Waals surface area (Å²) in [7, 11) is 0. The van der Waals surface area contributed by atoms with E-state index in [1.807, 2.05) is 0 Å². The summed E-state index contributed by atoms with van der Waals surface area (Å²) < 4.78 is 29.6. The number of carbonyl (C=O) groups excluding carboxylic acids is 1. The number of carbonyl (C=O) groups is 1. The molecule has 1 aromatic carbocycles. The van der Waals surface area contributed by atoms with Crippen LogP contribution in [0.4, 0.5) is 19.3 Å². The number of urea groups is 1. The van der Waals surface area contributed by atoms with Crippen LogP contribution in [-0.2, 0) is 0 Å². The largest absolute Gasteiger partial charge is 0.487 e. The van der Waals surface area contributed by atoms with Crippen LogP contribution in [0.25, 0.3) is 0 Å². The van der Waals surface area contributed by atoms with Crippen molar-refractivity contribution in [1.82, 2.24) is 5.32 Å². The molecule has 0 aromatic heterocycles. The molecule has 0 unspecified atom stereocenters. The van der Waals surface area contributed by atoms with Crippen LogP contribution in [-0.4, -0.2) is 36.8 Å². The number of rotatable bonds is 6. The van der Waals surface area contributed by atoms with Gasteiger partial charge in [0.25, 0.3) is 6.43 Å². The number of benzene rings is 1. The predicted molar refractivity (Wildman–Crippen MR) is 87.7 cm³/mol. The molecule has 134 valence electrons. The summed E-state index contributed by atoms with van der Waals surface area (Å²) in [6.45, 7) is 1.28. The zero-order valence-corrected chi connectivity index (χ0v) is 13.7. The highest BCUT2D eigenvalue weighted by Crippen LogP contribution is 2.25. The van der Waals surface area contributed by atoms with Gasteiger partial charge in [-0.05, 0) is 50.2 Å². The fraction of sp³-hybridized carbons (Fsp3) is 0.588. The van der Waals surface area contributed by atoms with Gasteiger partial charge in [-0.2, -0.15) is 0 Å². The maximum absolute atomic E-state index is 12.3. The van der Waals surface area contributed by atoms with E-state index in [0.29, 0.717) is 17.4 Å². The highest BCUT2D eigenvalue weighted by Gasteiger charge is 2.21. The van der Waals surface area contributed by atoms with Crippen molar-refractivity contribution in [3.63, 3.8) is 0 Å². The van der Waals surface area contributed by atoms with Crippen molar-refractivity contribution in [2.24, 2.45) is 5.92 Å². The Labute approximate surface area is 140 Å². The van der Waals surface area contributed by atoms with Gasteiger partial charge in [0, 0.05) is 24.4 Å². The van der Waals surface area contributed by atoms with Gasteiger partial charge in [-0.3, -0.25) is 0 Å². The quantitative estimate of drug-likeness (QED) is 0.743. The van der Waals surface area contributed by atoms with Crippen LogP contribution < -0.4 is 15.4 Å². The van der Waals surface area contributed by atoms with Gasteiger partial charge in [0.15, 0.2) is 0 Å². The van der Waals surface area contributed by atoms with E-state index in [0.717, 1.165) is 31.2 Å². The summed E-state index contributed by atoms with van der Waals surface area (Å²) in [5.74, 6) is 0.661. The average Bonchev–Trinajstić information content (AvgIpc) is 2.56. The second kappa shape index (κ2) is 8.82. The van der Waals surface area contributed by atoms with Crippen LogP contribution in [0.1, 0.15) is 31.2 Å². The summed E-state index contributed by atoms with van der Waals surface area (Å²) in [6.07, 6.45) is 0.943. The van der Waals surface area contributed by atoms with Crippen molar-refractivity contribution in [3.05, 3.63) is 23.8 Å². The molecule has 0 bridgehead atoms. The van der Waals surface area contributed by atoms with Crippen molar-refractivity contribution in [2.75, 3.05) is 18.5 Å². The van der Waals surface area contributed by atoms with Gasteiger partial charge < -0.3 is 20.5 Å². The monoisotopic (exact) mass is 342 g/mol. The summed E-state index contributed by atoms with van der Waals surface area (Å²) in [4.78, 5) is 12.1. The van der Waals surface area contributed by atoms with Gasteiger partial charge in [0.1, 0.15) is 12.4 Å². The second-order valence-corrected chi connectivity index (χ2v) is 6.18. The molecule has 1 saturated carbocycles. The van der Waals surface area contributed by atoms with Gasteiger partial charge in [0.2, 0.25) is 0 Å². The van der Waals surface area contributed by atoms with E-state index in [4.69, 9.17) is 9.84 Å². The Morgan fingerprint density at radius 2 is 2.04 bits per heavy atom. The second-order valence-electron chi connectivity index (χ2n) is 6.18. The zero-order chi connectivity index (χ0) is 17.5. The molecule has 7 heteroatoms. The molecule has 1 aliphatic rings. The van der Waals surface area contributed by atoms with Crippen LogP contribution in [0.15, 0.2) is 18.2 Å². The number of nitrogens with one attached hydrogen (secondary N) is 2. The highest BCUT2D eigenvalue weighted by atomic mass is 19.3. The lowest BCUT2D eigenvalue weighted by Crippen LogP contribution is -2.40. The minimum absolute atomic E-state index is 0.0906. The lowest BCUT2D eigenvalue weighted by atomic mass is 9.87. The molecule has 2 rings (SSSR count). The molecule has 0 heterocycles. The molecule has 2 amide bonds. The highest BCUT2D eigenvalue weighted by molar-refractivity contribution is 5.89. The minimum atomic E-state index is -2.54. The predicted octanol–water partition coefficient (Wildman–Crippen LogP) is 3.31. The summed E-state index contributed by atoms with van der Waals surface area (Å²) >= 11 is 0. The third-order valence-electron chi connectivity index (χ3n) is 4.25. The molecule has 24 heavy (non-hydrogen) atoms. The molecule has 0 atom stereocenters. The Morgan fingerprint density at radius 1 is 1.33 bits per heavy atom. The first-order chi connectivity index (χ1) is 11.5. The number of aliphatic hydroxyl groups is 1. The Morgan fingerprint density at radius 3 is 2.67 bits per heavy atom. The van der Waals surface area contributed by atoms with Gasteiger partial charge in [-0.15, -0.1) is 0 Å². The molecule has 5 nitrogen and oxygen atoms in total. The molecule has 0 spiro atoms. The Hall–Kier alpha value is -1.89. The van der Waals surface area contributed by atoms with Crippen LogP contribution in [0.3, 0.4) is 0 Å². The summed E-state index contributed by atoms with van der Waals surface area (Å²) in [5, 5.41) is 14.7. The normalized spacial score (nSPS) is 20.7. The first-order valence-electron chi connectivity index (χ1n) is 8.18. The SMILES string of the molecule is Cc1ccc(NC(=O)NC2CCC(CO)CC2)cc1OCC(F)F. The Balaban J connectivity index is 1.86. The number of hydrogen-bond acceptors (Lipinski definition) is 3. The number of aliphatic hydroxyl groups excluding tert-OH is 1. The van der Waals surface area contributed by atoms with E-state index in [1.165, 1.54) is 0 Å². The fourth-order valence-electron chi connectivity index (χ4n) is 2.83. The van der Waals surface area contributed by atoms with E-state index in [9.17, 15) is 13.6 Å². The third kappa shape index (κ3) is 5.63. The summed E-state index contributed by atoms with van der Waals surface area (Å²) in [5.41, 5.74) is 1.22. The first kappa shape index (κ1) is 18.4. The van der Waals surface area contributed by atoms with Crippen molar-refractivity contribution >= 4 is 11.7 Å². The van der Waals surface area contributed by atoms with Crippen LogP contribution in [0, 0.1) is 12.8 Å². The topological polar surface area (TPSA) is 70.6 Å². The van der Waals surface area contributed by atoms with E-state index >= 15 is 0 Å². The maximum atomic E-state index is 12.3. The van der Waals surface area contributed by atoms with Gasteiger partial charge >= 0.3 is 6.03 Å². The van der Waals surface area contributed by atoms with E-state index < -0.39 is 13.0 Å².